The molecule has 0 saturated carbocycles. The van der Waals surface area contributed by atoms with Crippen LogP contribution in [-0.4, -0.2) is 0 Å². The fourth-order valence-electron chi connectivity index (χ4n) is 0. The number of rotatable bonds is 0. The van der Waals surface area contributed by atoms with Crippen LogP contribution < -0.4 is 0 Å². The van der Waals surface area contributed by atoms with Gasteiger partial charge in [-0.3, -0.25) is 0 Å². The van der Waals surface area contributed by atoms with Gasteiger partial charge in [0, 0.05) is 0 Å². The molecule has 0 amide bonds. The van der Waals surface area contributed by atoms with Crippen molar-refractivity contribution in [3.8, 4) is 0 Å². The van der Waals surface area contributed by atoms with Gasteiger partial charge in [-0.2, -0.15) is 0 Å². The van der Waals surface area contributed by atoms with Crippen molar-refractivity contribution in [2.45, 2.75) is 0 Å². The number of hydrogen-bond donors (Lipinski definition) is 0. The predicted molar refractivity (Wildman–Crippen MR) is 4.12 cm³/mol. The summed E-state index contributed by atoms with van der Waals surface area (Å²) in [6.07, 6.45) is 0. The van der Waals surface area contributed by atoms with E-state index in [0.29, 0.717) is 0 Å². The molecule has 0 aliphatic rings. The van der Waals surface area contributed by atoms with Crippen LogP contribution in [-0.2, 0) is 43.8 Å². The molecule has 9 heteroatoms. The minimum absolute atomic E-state index is 0. The molecular formula is Ce2MoO6. The molecule has 6 nitrogen and oxygen atoms in total. The first-order valence-electron chi connectivity index (χ1n) is 0.500. The summed E-state index contributed by atoms with van der Waals surface area (Å²) in [6, 6.07) is 0. The molecule has 9 heavy (non-hydrogen) atoms. The van der Waals surface area contributed by atoms with Crippen LogP contribution >= 0.6 is 0 Å². The van der Waals surface area contributed by atoms with Crippen molar-refractivity contribution in [2.24, 2.45) is 0 Å². The third kappa shape index (κ3) is 110. The quantitative estimate of drug-likeness (QED) is 0.431. The topological polar surface area (TPSA) is 137 Å². The van der Waals surface area contributed by atoms with Crippen LogP contribution in [0.2, 0.25) is 0 Å². The molecule has 0 fully saturated rings. The summed E-state index contributed by atoms with van der Waals surface area (Å²) in [4.78, 5) is 0. The maximum absolute atomic E-state index is 8.59. The van der Waals surface area contributed by atoms with Crippen molar-refractivity contribution in [1.29, 1.82) is 0 Å². The van der Waals surface area contributed by atoms with Crippen LogP contribution in [0.15, 0.2) is 0 Å². The molecule has 0 bridgehead atoms. The first-order valence-corrected chi connectivity index (χ1v) is 2.96. The van der Waals surface area contributed by atoms with E-state index in [1.165, 1.54) is 0 Å². The zero-order valence-corrected chi connectivity index (χ0v) is 12.1. The fraction of sp³-hybridized carbons (Fsp3) is 0. The minimum atomic E-state index is -4.11. The van der Waals surface area contributed by atoms with Gasteiger partial charge in [-0.05, 0) is 0 Å². The Hall–Kier alpha value is 2.72. The van der Waals surface area contributed by atoms with E-state index in [0.717, 1.165) is 0 Å². The van der Waals surface area contributed by atoms with Crippen LogP contribution in [0.1, 0.15) is 0 Å². The van der Waals surface area contributed by atoms with Crippen molar-refractivity contribution in [3.63, 3.8) is 0 Å². The monoisotopic (exact) mass is 474 g/mol. The molecule has 0 saturated heterocycles. The molecule has 0 aliphatic carbocycles. The van der Waals surface area contributed by atoms with Gasteiger partial charge in [0.1, 0.15) is 0 Å². The molecule has 0 aliphatic heterocycles. The van der Waals surface area contributed by atoms with Crippen LogP contribution in [0.25, 0.3) is 0 Å². The van der Waals surface area contributed by atoms with E-state index in [1.807, 2.05) is 0 Å². The average Bonchev–Trinajstić information content (AvgIpc) is 0.811. The second-order valence-corrected chi connectivity index (χ2v) is 1.21. The molecule has 0 aromatic heterocycles. The molecule has 50 valence electrons. The summed E-state index contributed by atoms with van der Waals surface area (Å²) in [5.41, 5.74) is 0. The summed E-state index contributed by atoms with van der Waals surface area (Å²) < 4.78 is 25.8. The summed E-state index contributed by atoms with van der Waals surface area (Å²) >= 11 is -4.11. The molecule has 0 N–H and O–H groups in total. The molecule has 0 unspecified atom stereocenters. The van der Waals surface area contributed by atoms with Gasteiger partial charge in [-0.1, -0.05) is 0 Å². The molecule has 0 spiro atoms. The Morgan fingerprint density at radius 2 is 0.667 bits per heavy atom. The van der Waals surface area contributed by atoms with E-state index in [4.69, 9.17) is 10.2 Å². The second kappa shape index (κ2) is 31.0. The molecule has 2 radical (unpaired) electrons. The normalized spacial score (nSPS) is 2.67. The zero-order chi connectivity index (χ0) is 3.58. The van der Waals surface area contributed by atoms with E-state index in [1.54, 1.807) is 0 Å². The van der Waals surface area contributed by atoms with Crippen molar-refractivity contribution >= 4 is 0 Å². The average molecular weight is 472 g/mol. The van der Waals surface area contributed by atoms with Crippen molar-refractivity contribution in [1.82, 2.24) is 0 Å². The Bertz CT molecular complexity index is 80.5. The van der Waals surface area contributed by atoms with Gasteiger partial charge in [-0.15, -0.1) is 0 Å². The Morgan fingerprint density at radius 1 is 0.667 bits per heavy atom. The van der Waals surface area contributed by atoms with E-state index in [9.17, 15) is 0 Å². The standard InChI is InChI=1S/2Ce.Mo.6O/q2*+3;;;;;3*-2. The van der Waals surface area contributed by atoms with Gasteiger partial charge in [0.05, 0.1) is 0 Å². The zero-order valence-electron chi connectivity index (χ0n) is 3.86. The van der Waals surface area contributed by atoms with Gasteiger partial charge < -0.3 is 16.4 Å². The van der Waals surface area contributed by atoms with Crippen molar-refractivity contribution in [2.75, 3.05) is 0 Å². The third-order valence-corrected chi connectivity index (χ3v) is 0. The third-order valence-electron chi connectivity index (χ3n) is 0. The van der Waals surface area contributed by atoms with E-state index >= 15 is 0 Å². The van der Waals surface area contributed by atoms with Gasteiger partial charge in [-0.25, -0.2) is 0 Å². The van der Waals surface area contributed by atoms with Crippen LogP contribution in [0.3, 0.4) is 0 Å². The predicted octanol–water partition coefficient (Wildman–Crippen LogP) is -0.715. The second-order valence-electron chi connectivity index (χ2n) is 0.204. The van der Waals surface area contributed by atoms with Crippen LogP contribution in [0.5, 0.6) is 0 Å². The fourth-order valence-corrected chi connectivity index (χ4v) is 0. The Kier molecular flexibility index (Phi) is 142. The molecule has 0 heterocycles. The molecule has 0 atom stereocenters. The van der Waals surface area contributed by atoms with Gasteiger partial charge in [0.15, 0.2) is 0 Å². The summed E-state index contributed by atoms with van der Waals surface area (Å²) in [5, 5.41) is 0. The van der Waals surface area contributed by atoms with E-state index in [-0.39, 0.29) is 99.9 Å². The molecule has 0 rings (SSSR count). The van der Waals surface area contributed by atoms with Gasteiger partial charge in [0.2, 0.25) is 0 Å². The first kappa shape index (κ1) is 41.2. The Balaban J connectivity index is -0.00000000450. The van der Waals surface area contributed by atoms with Crippen LogP contribution in [0, 0.1) is 83.5 Å². The van der Waals surface area contributed by atoms with Crippen molar-refractivity contribution in [3.05, 3.63) is 0 Å². The maximum atomic E-state index is 8.59. The van der Waals surface area contributed by atoms with E-state index in [2.05, 4.69) is 0 Å². The molecule has 0 aromatic carbocycles. The van der Waals surface area contributed by atoms with Gasteiger partial charge in [0.25, 0.3) is 0 Å². The molecular weight excluding hydrogens is 472 g/mol. The first-order chi connectivity index (χ1) is 1.73. The Morgan fingerprint density at radius 3 is 0.667 bits per heavy atom. The van der Waals surface area contributed by atoms with E-state index < -0.39 is 17.2 Å². The molecule has 0 aromatic rings. The summed E-state index contributed by atoms with van der Waals surface area (Å²) in [5.74, 6) is 0. The summed E-state index contributed by atoms with van der Waals surface area (Å²) in [6.45, 7) is 0. The van der Waals surface area contributed by atoms with Crippen molar-refractivity contribution < 1.29 is 127 Å². The van der Waals surface area contributed by atoms with Gasteiger partial charge >= 0.3 is 111 Å². The summed E-state index contributed by atoms with van der Waals surface area (Å²) in [7, 11) is 0. The Labute approximate surface area is 124 Å². The number of hydrogen-bond acceptors (Lipinski definition) is 3. The SMILES string of the molecule is [Ce+3].[Ce+3].[O-2].[O-2].[O-2].[O]=[Mo](=[O])=[O]. The van der Waals surface area contributed by atoms with Crippen LogP contribution in [0.4, 0.5) is 0 Å².